The van der Waals surface area contributed by atoms with Crippen LogP contribution in [0.2, 0.25) is 0 Å². The average Bonchev–Trinajstić information content (AvgIpc) is 2.64. The van der Waals surface area contributed by atoms with E-state index in [1.54, 1.807) is 13.2 Å². The summed E-state index contributed by atoms with van der Waals surface area (Å²) in [5.74, 6) is 1.32. The summed E-state index contributed by atoms with van der Waals surface area (Å²) in [7, 11) is 1.64. The highest BCUT2D eigenvalue weighted by Gasteiger charge is 2.24. The van der Waals surface area contributed by atoms with Crippen LogP contribution in [0.4, 0.5) is 0 Å². The van der Waals surface area contributed by atoms with Crippen molar-refractivity contribution in [3.8, 4) is 11.5 Å². The Labute approximate surface area is 144 Å². The molecule has 1 aromatic heterocycles. The number of fused-ring (bicyclic) bond motifs is 3. The van der Waals surface area contributed by atoms with Crippen LogP contribution in [0, 0.1) is 0 Å². The Morgan fingerprint density at radius 3 is 2.60 bits per heavy atom. The zero-order chi connectivity index (χ0) is 17.4. The van der Waals surface area contributed by atoms with Gasteiger partial charge in [-0.3, -0.25) is 0 Å². The van der Waals surface area contributed by atoms with E-state index in [4.69, 9.17) is 14.0 Å². The molecule has 5 heteroatoms. The number of benzene rings is 2. The number of hydroxylamine groups is 1. The summed E-state index contributed by atoms with van der Waals surface area (Å²) in [5.41, 5.74) is 6.33. The van der Waals surface area contributed by atoms with E-state index in [1.807, 2.05) is 49.4 Å². The third-order valence-electron chi connectivity index (χ3n) is 4.41. The molecule has 0 saturated carbocycles. The fourth-order valence-electron chi connectivity index (χ4n) is 3.01. The summed E-state index contributed by atoms with van der Waals surface area (Å²) in [6.07, 6.45) is 0.613. The third kappa shape index (κ3) is 2.63. The van der Waals surface area contributed by atoms with Gasteiger partial charge in [-0.05, 0) is 42.3 Å². The fraction of sp³-hybridized carbons (Fsp3) is 0.150. The first-order valence-corrected chi connectivity index (χ1v) is 7.99. The number of para-hydroxylation sites is 1. The summed E-state index contributed by atoms with van der Waals surface area (Å²) >= 11 is 0. The predicted molar refractivity (Wildman–Crippen MR) is 95.5 cm³/mol. The average molecular weight is 335 g/mol. The minimum atomic E-state index is -0.389. The van der Waals surface area contributed by atoms with Gasteiger partial charge < -0.3 is 14.0 Å². The molecule has 2 aromatic carbocycles. The number of nitrogens with one attached hydrogen (secondary N) is 1. The van der Waals surface area contributed by atoms with Gasteiger partial charge in [-0.2, -0.15) is 0 Å². The highest BCUT2D eigenvalue weighted by atomic mass is 16.6. The highest BCUT2D eigenvalue weighted by molar-refractivity contribution is 5.89. The highest BCUT2D eigenvalue weighted by Crippen LogP contribution is 2.35. The molecular weight excluding hydrogens is 318 g/mol. The zero-order valence-corrected chi connectivity index (χ0v) is 14.0. The van der Waals surface area contributed by atoms with Crippen LogP contribution in [-0.4, -0.2) is 7.11 Å². The molecule has 0 atom stereocenters. The Morgan fingerprint density at radius 2 is 1.84 bits per heavy atom. The molecule has 0 spiro atoms. The van der Waals surface area contributed by atoms with E-state index in [0.717, 1.165) is 28.0 Å². The predicted octanol–water partition coefficient (Wildman–Crippen LogP) is 3.67. The van der Waals surface area contributed by atoms with Crippen LogP contribution in [0.5, 0.6) is 11.5 Å². The van der Waals surface area contributed by atoms with Gasteiger partial charge in [-0.1, -0.05) is 24.3 Å². The van der Waals surface area contributed by atoms with Gasteiger partial charge in [0, 0.05) is 6.42 Å². The summed E-state index contributed by atoms with van der Waals surface area (Å²) < 4.78 is 10.6. The number of ether oxygens (including phenoxy) is 1. The molecule has 0 fully saturated rings. The molecule has 0 unspecified atom stereocenters. The first kappa shape index (κ1) is 15.3. The summed E-state index contributed by atoms with van der Waals surface area (Å²) in [5, 5.41) is 0.771. The lowest BCUT2D eigenvalue weighted by molar-refractivity contribution is 0.222. The number of methoxy groups -OCH3 is 1. The maximum atomic E-state index is 12.4. The third-order valence-corrected chi connectivity index (χ3v) is 4.41. The largest absolute Gasteiger partial charge is 0.497 e. The summed E-state index contributed by atoms with van der Waals surface area (Å²) in [6.45, 7) is 1.90. The van der Waals surface area contributed by atoms with Gasteiger partial charge in [-0.25, -0.2) is 10.3 Å². The number of hydrogen-bond donors (Lipinski definition) is 1. The minimum absolute atomic E-state index is 0.389. The second-order valence-corrected chi connectivity index (χ2v) is 5.92. The van der Waals surface area contributed by atoms with Crippen molar-refractivity contribution in [2.75, 3.05) is 7.11 Å². The molecule has 0 radical (unpaired) electrons. The molecule has 2 heterocycles. The van der Waals surface area contributed by atoms with Crippen molar-refractivity contribution in [1.82, 2.24) is 5.48 Å². The van der Waals surface area contributed by atoms with E-state index in [9.17, 15) is 4.79 Å². The topological polar surface area (TPSA) is 60.7 Å². The van der Waals surface area contributed by atoms with Crippen molar-refractivity contribution in [3.63, 3.8) is 0 Å². The van der Waals surface area contributed by atoms with Gasteiger partial charge in [0.25, 0.3) is 0 Å². The van der Waals surface area contributed by atoms with Crippen LogP contribution < -0.4 is 20.7 Å². The number of allylic oxidation sites excluding steroid dienone is 2. The molecule has 0 amide bonds. The van der Waals surface area contributed by atoms with Crippen molar-refractivity contribution in [1.29, 1.82) is 0 Å². The fourth-order valence-corrected chi connectivity index (χ4v) is 3.01. The van der Waals surface area contributed by atoms with Gasteiger partial charge in [0.2, 0.25) is 0 Å². The molecule has 4 rings (SSSR count). The summed E-state index contributed by atoms with van der Waals surface area (Å²) in [4.78, 5) is 18.2. The van der Waals surface area contributed by atoms with Crippen molar-refractivity contribution in [2.24, 2.45) is 0 Å². The molecule has 0 aliphatic carbocycles. The van der Waals surface area contributed by atoms with Crippen molar-refractivity contribution < 1.29 is 14.0 Å². The Bertz CT molecular complexity index is 1030. The maximum Gasteiger partial charge on any atom is 0.347 e. The number of rotatable bonds is 3. The molecule has 1 aliphatic rings. The van der Waals surface area contributed by atoms with Crippen LogP contribution in [0.3, 0.4) is 0 Å². The lowest BCUT2D eigenvalue weighted by atomic mass is 9.99. The normalized spacial score (nSPS) is 13.2. The zero-order valence-electron chi connectivity index (χ0n) is 14.0. The van der Waals surface area contributed by atoms with Gasteiger partial charge >= 0.3 is 5.63 Å². The van der Waals surface area contributed by atoms with Gasteiger partial charge in [0.15, 0.2) is 5.75 Å². The molecular formula is C20H17NO4. The number of hydrogen-bond acceptors (Lipinski definition) is 5. The Morgan fingerprint density at radius 1 is 1.08 bits per heavy atom. The van der Waals surface area contributed by atoms with Gasteiger partial charge in [0.05, 0.1) is 18.2 Å². The van der Waals surface area contributed by atoms with Crippen LogP contribution in [0.25, 0.3) is 16.5 Å². The first-order valence-electron chi connectivity index (χ1n) is 7.99. The van der Waals surface area contributed by atoms with Crippen LogP contribution in [-0.2, 0) is 6.42 Å². The van der Waals surface area contributed by atoms with Crippen molar-refractivity contribution >= 4 is 16.5 Å². The standard InChI is InChI=1S/C20H17NO4/c1-12-16(11-13-7-9-14(23-2)10-8-13)21-25-19-15-5-3-4-6-17(15)24-20(22)18(12)19/h3-10,21H,11H2,1-2H3. The monoisotopic (exact) mass is 335 g/mol. The molecule has 1 N–H and O–H groups in total. The molecule has 3 aromatic rings. The SMILES string of the molecule is COc1ccc(CC2=C(C)c3c(c4ccccc4oc3=O)ON2)cc1. The maximum absolute atomic E-state index is 12.4. The van der Waals surface area contributed by atoms with Crippen molar-refractivity contribution in [2.45, 2.75) is 13.3 Å². The smallest absolute Gasteiger partial charge is 0.347 e. The van der Waals surface area contributed by atoms with E-state index in [1.165, 1.54) is 0 Å². The van der Waals surface area contributed by atoms with E-state index in [2.05, 4.69) is 5.48 Å². The van der Waals surface area contributed by atoms with E-state index >= 15 is 0 Å². The lowest BCUT2D eigenvalue weighted by Gasteiger charge is -2.23. The Balaban J connectivity index is 1.78. The van der Waals surface area contributed by atoms with Gasteiger partial charge in [-0.15, -0.1) is 0 Å². The van der Waals surface area contributed by atoms with Gasteiger partial charge in [0.1, 0.15) is 16.9 Å². The second kappa shape index (κ2) is 6.02. The van der Waals surface area contributed by atoms with Crippen LogP contribution in [0.1, 0.15) is 18.1 Å². The van der Waals surface area contributed by atoms with E-state index in [0.29, 0.717) is 23.3 Å². The quantitative estimate of drug-likeness (QED) is 0.740. The summed E-state index contributed by atoms with van der Waals surface area (Å²) in [6, 6.07) is 15.1. The van der Waals surface area contributed by atoms with Crippen molar-refractivity contribution in [3.05, 3.63) is 75.8 Å². The molecule has 5 nitrogen and oxygen atoms in total. The molecule has 0 bridgehead atoms. The molecule has 25 heavy (non-hydrogen) atoms. The first-order chi connectivity index (χ1) is 12.2. The van der Waals surface area contributed by atoms with Crippen LogP contribution >= 0.6 is 0 Å². The van der Waals surface area contributed by atoms with E-state index in [-0.39, 0.29) is 5.63 Å². The molecule has 126 valence electrons. The molecule has 1 aliphatic heterocycles. The lowest BCUT2D eigenvalue weighted by Crippen LogP contribution is -2.28. The molecule has 0 saturated heterocycles. The van der Waals surface area contributed by atoms with E-state index < -0.39 is 0 Å². The Hall–Kier alpha value is -3.21. The second-order valence-electron chi connectivity index (χ2n) is 5.92. The van der Waals surface area contributed by atoms with Crippen LogP contribution in [0.15, 0.2) is 63.4 Å². The Kier molecular flexibility index (Phi) is 3.69. The minimum Gasteiger partial charge on any atom is -0.497 e.